The number of nitrogens with one attached hydrogen (secondary N) is 3. The average Bonchev–Trinajstić information content (AvgIpc) is 2.54. The quantitative estimate of drug-likeness (QED) is 0.504. The topological polar surface area (TPSA) is 96.2 Å². The van der Waals surface area contributed by atoms with Crippen molar-refractivity contribution in [2.45, 2.75) is 38.8 Å². The third-order valence-electron chi connectivity index (χ3n) is 3.25. The fourth-order valence-electron chi connectivity index (χ4n) is 1.99. The predicted molar refractivity (Wildman–Crippen MR) is 94.4 cm³/mol. The SMILES string of the molecule is CCCC(NC(=O)NCc1ccc(F)cc1)C(=O)NCCCN.Cl. The van der Waals surface area contributed by atoms with Crippen LogP contribution in [0.3, 0.4) is 0 Å². The molecule has 6 nitrogen and oxygen atoms in total. The smallest absolute Gasteiger partial charge is 0.315 e. The van der Waals surface area contributed by atoms with E-state index in [1.807, 2.05) is 6.92 Å². The van der Waals surface area contributed by atoms with Gasteiger partial charge in [0.1, 0.15) is 11.9 Å². The van der Waals surface area contributed by atoms with Crippen LogP contribution in [0, 0.1) is 5.82 Å². The second-order valence-electron chi connectivity index (χ2n) is 5.23. The molecule has 1 atom stereocenters. The van der Waals surface area contributed by atoms with E-state index < -0.39 is 12.1 Å². The molecular weight excluding hydrogens is 335 g/mol. The van der Waals surface area contributed by atoms with Crippen LogP contribution in [-0.4, -0.2) is 31.1 Å². The molecule has 0 bridgehead atoms. The Balaban J connectivity index is 0.00000529. The molecular formula is C16H26ClFN4O2. The highest BCUT2D eigenvalue weighted by Crippen LogP contribution is 2.02. The molecule has 24 heavy (non-hydrogen) atoms. The zero-order valence-corrected chi connectivity index (χ0v) is 14.6. The number of nitrogens with two attached hydrogens (primary N) is 1. The second kappa shape index (κ2) is 12.5. The minimum absolute atomic E-state index is 0. The first kappa shape index (κ1) is 22.1. The summed E-state index contributed by atoms with van der Waals surface area (Å²) < 4.78 is 12.8. The maximum absolute atomic E-state index is 12.8. The Morgan fingerprint density at radius 1 is 1.21 bits per heavy atom. The zero-order chi connectivity index (χ0) is 17.1. The molecule has 1 rings (SSSR count). The fraction of sp³-hybridized carbons (Fsp3) is 0.500. The zero-order valence-electron chi connectivity index (χ0n) is 13.8. The van der Waals surface area contributed by atoms with E-state index in [0.29, 0.717) is 25.9 Å². The van der Waals surface area contributed by atoms with Crippen LogP contribution < -0.4 is 21.7 Å². The fourth-order valence-corrected chi connectivity index (χ4v) is 1.99. The summed E-state index contributed by atoms with van der Waals surface area (Å²) >= 11 is 0. The van der Waals surface area contributed by atoms with Gasteiger partial charge in [0.2, 0.25) is 5.91 Å². The molecule has 0 heterocycles. The first-order valence-electron chi connectivity index (χ1n) is 7.83. The lowest BCUT2D eigenvalue weighted by Gasteiger charge is -2.18. The maximum Gasteiger partial charge on any atom is 0.315 e. The van der Waals surface area contributed by atoms with Crippen LogP contribution >= 0.6 is 12.4 Å². The van der Waals surface area contributed by atoms with Crippen molar-refractivity contribution in [3.63, 3.8) is 0 Å². The van der Waals surface area contributed by atoms with E-state index in [-0.39, 0.29) is 30.7 Å². The number of carbonyl (C=O) groups is 2. The first-order chi connectivity index (χ1) is 11.1. The van der Waals surface area contributed by atoms with Crippen molar-refractivity contribution in [1.29, 1.82) is 0 Å². The predicted octanol–water partition coefficient (Wildman–Crippen LogP) is 1.68. The van der Waals surface area contributed by atoms with Crippen molar-refractivity contribution in [3.05, 3.63) is 35.6 Å². The lowest BCUT2D eigenvalue weighted by molar-refractivity contribution is -0.123. The molecule has 8 heteroatoms. The monoisotopic (exact) mass is 360 g/mol. The molecule has 136 valence electrons. The Kier molecular flexibility index (Phi) is 11.6. The molecule has 5 N–H and O–H groups in total. The summed E-state index contributed by atoms with van der Waals surface area (Å²) in [4.78, 5) is 23.9. The Hall–Kier alpha value is -1.86. The van der Waals surface area contributed by atoms with Crippen molar-refractivity contribution in [2.24, 2.45) is 5.73 Å². The van der Waals surface area contributed by atoms with Gasteiger partial charge in [-0.05, 0) is 37.1 Å². The molecule has 0 spiro atoms. The number of urea groups is 1. The maximum atomic E-state index is 12.8. The highest BCUT2D eigenvalue weighted by atomic mass is 35.5. The van der Waals surface area contributed by atoms with E-state index >= 15 is 0 Å². The van der Waals surface area contributed by atoms with Crippen LogP contribution in [0.5, 0.6) is 0 Å². The van der Waals surface area contributed by atoms with Gasteiger partial charge in [-0.2, -0.15) is 0 Å². The summed E-state index contributed by atoms with van der Waals surface area (Å²) in [6, 6.07) is 4.85. The Morgan fingerprint density at radius 2 is 1.88 bits per heavy atom. The Morgan fingerprint density at radius 3 is 2.46 bits per heavy atom. The van der Waals surface area contributed by atoms with Gasteiger partial charge in [-0.1, -0.05) is 25.5 Å². The third kappa shape index (κ3) is 8.69. The van der Waals surface area contributed by atoms with Crippen LogP contribution in [0.25, 0.3) is 0 Å². The molecule has 0 saturated heterocycles. The number of carbonyl (C=O) groups excluding carboxylic acids is 2. The average molecular weight is 361 g/mol. The largest absolute Gasteiger partial charge is 0.354 e. The molecule has 0 aliphatic carbocycles. The van der Waals surface area contributed by atoms with Crippen LogP contribution in [0.4, 0.5) is 9.18 Å². The van der Waals surface area contributed by atoms with Gasteiger partial charge in [-0.15, -0.1) is 12.4 Å². The number of hydrogen-bond donors (Lipinski definition) is 4. The van der Waals surface area contributed by atoms with E-state index in [1.165, 1.54) is 12.1 Å². The summed E-state index contributed by atoms with van der Waals surface area (Å²) in [5.41, 5.74) is 6.16. The minimum atomic E-state index is -0.578. The molecule has 0 radical (unpaired) electrons. The van der Waals surface area contributed by atoms with E-state index in [1.54, 1.807) is 12.1 Å². The van der Waals surface area contributed by atoms with E-state index in [9.17, 15) is 14.0 Å². The summed E-state index contributed by atoms with van der Waals surface area (Å²) in [5.74, 6) is -0.535. The van der Waals surface area contributed by atoms with Gasteiger partial charge in [-0.3, -0.25) is 4.79 Å². The van der Waals surface area contributed by atoms with Gasteiger partial charge in [-0.25, -0.2) is 9.18 Å². The van der Waals surface area contributed by atoms with Crippen molar-refractivity contribution in [3.8, 4) is 0 Å². The van der Waals surface area contributed by atoms with Crippen LogP contribution in [0.15, 0.2) is 24.3 Å². The van der Waals surface area contributed by atoms with Gasteiger partial charge >= 0.3 is 6.03 Å². The van der Waals surface area contributed by atoms with Crippen molar-refractivity contribution in [1.82, 2.24) is 16.0 Å². The van der Waals surface area contributed by atoms with Crippen molar-refractivity contribution in [2.75, 3.05) is 13.1 Å². The molecule has 0 aromatic heterocycles. The molecule has 0 fully saturated rings. The van der Waals surface area contributed by atoms with Gasteiger partial charge in [0.05, 0.1) is 0 Å². The normalized spacial score (nSPS) is 11.1. The number of benzene rings is 1. The molecule has 1 unspecified atom stereocenters. The van der Waals surface area contributed by atoms with Gasteiger partial charge in [0.25, 0.3) is 0 Å². The third-order valence-corrected chi connectivity index (χ3v) is 3.25. The van der Waals surface area contributed by atoms with Crippen LogP contribution in [0.2, 0.25) is 0 Å². The van der Waals surface area contributed by atoms with Crippen LogP contribution in [-0.2, 0) is 11.3 Å². The minimum Gasteiger partial charge on any atom is -0.354 e. The molecule has 1 aromatic rings. The van der Waals surface area contributed by atoms with E-state index in [2.05, 4.69) is 16.0 Å². The van der Waals surface area contributed by atoms with E-state index in [0.717, 1.165) is 12.0 Å². The van der Waals surface area contributed by atoms with Gasteiger partial charge in [0, 0.05) is 13.1 Å². The Bertz CT molecular complexity index is 499. The van der Waals surface area contributed by atoms with Crippen LogP contribution in [0.1, 0.15) is 31.7 Å². The van der Waals surface area contributed by atoms with Crippen molar-refractivity contribution < 1.29 is 14.0 Å². The van der Waals surface area contributed by atoms with Gasteiger partial charge in [0.15, 0.2) is 0 Å². The van der Waals surface area contributed by atoms with Crippen molar-refractivity contribution >= 4 is 24.3 Å². The lowest BCUT2D eigenvalue weighted by atomic mass is 10.1. The first-order valence-corrected chi connectivity index (χ1v) is 7.83. The molecule has 0 aliphatic rings. The lowest BCUT2D eigenvalue weighted by Crippen LogP contribution is -2.50. The number of hydrogen-bond acceptors (Lipinski definition) is 3. The molecule has 0 aliphatic heterocycles. The summed E-state index contributed by atoms with van der Waals surface area (Å²) in [6.45, 7) is 3.21. The Labute approximate surface area is 148 Å². The number of halogens is 2. The summed E-state index contributed by atoms with van der Waals surface area (Å²) in [7, 11) is 0. The second-order valence-corrected chi connectivity index (χ2v) is 5.23. The van der Waals surface area contributed by atoms with E-state index in [4.69, 9.17) is 5.73 Å². The highest BCUT2D eigenvalue weighted by Gasteiger charge is 2.19. The standard InChI is InChI=1S/C16H25FN4O2.ClH/c1-2-4-14(15(22)19-10-3-9-18)21-16(23)20-11-12-5-7-13(17)8-6-12;/h5-8,14H,2-4,9-11,18H2,1H3,(H,19,22)(H2,20,21,23);1H. The molecule has 0 saturated carbocycles. The number of rotatable bonds is 9. The number of amides is 3. The summed E-state index contributed by atoms with van der Waals surface area (Å²) in [5, 5.41) is 8.07. The molecule has 3 amide bonds. The summed E-state index contributed by atoms with van der Waals surface area (Å²) in [6.07, 6.45) is 2.02. The molecule has 1 aromatic carbocycles. The highest BCUT2D eigenvalue weighted by molar-refractivity contribution is 5.87. The van der Waals surface area contributed by atoms with Gasteiger partial charge < -0.3 is 21.7 Å².